The predicted molar refractivity (Wildman–Crippen MR) is 39.8 cm³/mol. The summed E-state index contributed by atoms with van der Waals surface area (Å²) in [6.07, 6.45) is 1.33. The van der Waals surface area contributed by atoms with Crippen LogP contribution in [0.4, 0.5) is 0 Å². The van der Waals surface area contributed by atoms with E-state index in [2.05, 4.69) is 20.8 Å². The molecule has 1 heterocycles. The van der Waals surface area contributed by atoms with Gasteiger partial charge in [0.1, 0.15) is 0 Å². The van der Waals surface area contributed by atoms with Gasteiger partial charge in [-0.05, 0) is 18.8 Å². The van der Waals surface area contributed by atoms with Gasteiger partial charge in [-0.15, -0.1) is 0 Å². The van der Waals surface area contributed by atoms with Crippen molar-refractivity contribution in [2.75, 3.05) is 6.61 Å². The summed E-state index contributed by atoms with van der Waals surface area (Å²) >= 11 is 0. The lowest BCUT2D eigenvalue weighted by molar-refractivity contribution is 0.00564. The van der Waals surface area contributed by atoms with Gasteiger partial charge in [0, 0.05) is 0 Å². The van der Waals surface area contributed by atoms with Crippen LogP contribution in [0.5, 0.6) is 0 Å². The molecule has 1 rings (SSSR count). The van der Waals surface area contributed by atoms with Crippen LogP contribution in [0.1, 0.15) is 27.2 Å². The first-order chi connectivity index (χ1) is 4.56. The molecule has 0 aliphatic carbocycles. The second-order valence-electron chi connectivity index (χ2n) is 3.78. The molecule has 0 bridgehead atoms. The molecule has 0 amide bonds. The van der Waals surface area contributed by atoms with Crippen LogP contribution in [0.25, 0.3) is 0 Å². The maximum atomic E-state index is 8.79. The number of ether oxygens (including phenoxy) is 1. The van der Waals surface area contributed by atoms with Gasteiger partial charge in [-0.25, -0.2) is 0 Å². The van der Waals surface area contributed by atoms with Gasteiger partial charge in [0.25, 0.3) is 0 Å². The van der Waals surface area contributed by atoms with E-state index in [4.69, 9.17) is 9.84 Å². The van der Waals surface area contributed by atoms with Gasteiger partial charge in [0.05, 0.1) is 18.8 Å². The van der Waals surface area contributed by atoms with Crippen molar-refractivity contribution >= 4 is 0 Å². The highest BCUT2D eigenvalue weighted by atomic mass is 16.5. The lowest BCUT2D eigenvalue weighted by Gasteiger charge is -2.20. The average molecular weight is 144 g/mol. The van der Waals surface area contributed by atoms with E-state index in [9.17, 15) is 0 Å². The number of aliphatic hydroxyl groups excluding tert-OH is 1. The highest BCUT2D eigenvalue weighted by Crippen LogP contribution is 2.37. The van der Waals surface area contributed by atoms with Crippen LogP contribution in [0.2, 0.25) is 0 Å². The second-order valence-corrected chi connectivity index (χ2v) is 3.78. The van der Waals surface area contributed by atoms with Crippen LogP contribution in [0.15, 0.2) is 0 Å². The van der Waals surface area contributed by atoms with Crippen LogP contribution in [0, 0.1) is 5.41 Å². The largest absolute Gasteiger partial charge is 0.394 e. The Kier molecular flexibility index (Phi) is 2.02. The standard InChI is InChI=1S/C8H16O2/c1-6-8(2,3)4-7(5-9)10-6/h6-7,9H,4-5H2,1-3H3. The molecule has 0 aromatic rings. The van der Waals surface area contributed by atoms with Gasteiger partial charge in [-0.2, -0.15) is 0 Å². The molecule has 2 nitrogen and oxygen atoms in total. The number of aliphatic hydroxyl groups is 1. The van der Waals surface area contributed by atoms with Crippen molar-refractivity contribution in [2.24, 2.45) is 5.41 Å². The van der Waals surface area contributed by atoms with Crippen molar-refractivity contribution in [3.63, 3.8) is 0 Å². The maximum absolute atomic E-state index is 8.79. The first-order valence-electron chi connectivity index (χ1n) is 3.82. The SMILES string of the molecule is CC1OC(CO)CC1(C)C. The molecular weight excluding hydrogens is 128 g/mol. The summed E-state index contributed by atoms with van der Waals surface area (Å²) in [7, 11) is 0. The summed E-state index contributed by atoms with van der Waals surface area (Å²) in [5.74, 6) is 0. The molecule has 1 N–H and O–H groups in total. The Labute approximate surface area is 62.2 Å². The minimum absolute atomic E-state index is 0.0741. The van der Waals surface area contributed by atoms with Gasteiger partial charge in [-0.1, -0.05) is 13.8 Å². The van der Waals surface area contributed by atoms with Crippen LogP contribution in [0.3, 0.4) is 0 Å². The molecule has 1 saturated heterocycles. The Balaban J connectivity index is 2.53. The summed E-state index contributed by atoms with van der Waals surface area (Å²) in [5, 5.41) is 8.79. The van der Waals surface area contributed by atoms with Crippen LogP contribution < -0.4 is 0 Å². The third kappa shape index (κ3) is 1.32. The van der Waals surface area contributed by atoms with Gasteiger partial charge in [0.2, 0.25) is 0 Å². The molecule has 1 aliphatic rings. The quantitative estimate of drug-likeness (QED) is 0.599. The van der Waals surface area contributed by atoms with E-state index in [1.54, 1.807) is 0 Å². The zero-order valence-electron chi connectivity index (χ0n) is 6.92. The lowest BCUT2D eigenvalue weighted by Crippen LogP contribution is -2.19. The third-order valence-electron chi connectivity index (χ3n) is 2.45. The monoisotopic (exact) mass is 144 g/mol. The zero-order valence-corrected chi connectivity index (χ0v) is 6.92. The average Bonchev–Trinajstić information content (AvgIpc) is 2.08. The van der Waals surface area contributed by atoms with E-state index < -0.39 is 0 Å². The van der Waals surface area contributed by atoms with Crippen molar-refractivity contribution in [3.05, 3.63) is 0 Å². The van der Waals surface area contributed by atoms with E-state index >= 15 is 0 Å². The Morgan fingerprint density at radius 1 is 1.60 bits per heavy atom. The maximum Gasteiger partial charge on any atom is 0.0815 e. The summed E-state index contributed by atoms with van der Waals surface area (Å²) in [6.45, 7) is 6.57. The number of hydrogen-bond donors (Lipinski definition) is 1. The molecular formula is C8H16O2. The highest BCUT2D eigenvalue weighted by Gasteiger charge is 2.37. The van der Waals surface area contributed by atoms with Crippen LogP contribution >= 0.6 is 0 Å². The van der Waals surface area contributed by atoms with Gasteiger partial charge < -0.3 is 9.84 Å². The zero-order chi connectivity index (χ0) is 7.78. The Morgan fingerprint density at radius 3 is 2.40 bits per heavy atom. The molecule has 0 radical (unpaired) electrons. The summed E-state index contributed by atoms with van der Waals surface area (Å²) in [5.41, 5.74) is 0.243. The number of hydrogen-bond acceptors (Lipinski definition) is 2. The lowest BCUT2D eigenvalue weighted by atomic mass is 9.85. The fraction of sp³-hybridized carbons (Fsp3) is 1.00. The fourth-order valence-corrected chi connectivity index (χ4v) is 1.38. The van der Waals surface area contributed by atoms with Gasteiger partial charge in [-0.3, -0.25) is 0 Å². The topological polar surface area (TPSA) is 29.5 Å². The van der Waals surface area contributed by atoms with Gasteiger partial charge >= 0.3 is 0 Å². The first-order valence-corrected chi connectivity index (χ1v) is 3.82. The van der Waals surface area contributed by atoms with E-state index in [0.29, 0.717) is 0 Å². The first kappa shape index (κ1) is 8.02. The van der Waals surface area contributed by atoms with E-state index in [1.807, 2.05) is 0 Å². The normalized spacial score (nSPS) is 38.4. The fourth-order valence-electron chi connectivity index (χ4n) is 1.38. The molecule has 0 spiro atoms. The molecule has 10 heavy (non-hydrogen) atoms. The molecule has 2 atom stereocenters. The van der Waals surface area contributed by atoms with Crippen molar-refractivity contribution in [3.8, 4) is 0 Å². The molecule has 60 valence electrons. The molecule has 0 aromatic carbocycles. The minimum atomic E-state index is 0.0741. The molecule has 1 aliphatic heterocycles. The Morgan fingerprint density at radius 2 is 2.20 bits per heavy atom. The molecule has 0 aromatic heterocycles. The second kappa shape index (κ2) is 2.51. The Hall–Kier alpha value is -0.0800. The summed E-state index contributed by atoms with van der Waals surface area (Å²) < 4.78 is 5.48. The third-order valence-corrected chi connectivity index (χ3v) is 2.45. The molecule has 2 heteroatoms. The van der Waals surface area contributed by atoms with Crippen LogP contribution in [-0.4, -0.2) is 23.9 Å². The van der Waals surface area contributed by atoms with Crippen molar-refractivity contribution in [2.45, 2.75) is 39.4 Å². The smallest absolute Gasteiger partial charge is 0.0815 e. The highest BCUT2D eigenvalue weighted by molar-refractivity contribution is 4.86. The molecule has 2 unspecified atom stereocenters. The van der Waals surface area contributed by atoms with Gasteiger partial charge in [0.15, 0.2) is 0 Å². The Bertz CT molecular complexity index is 120. The van der Waals surface area contributed by atoms with Crippen LogP contribution in [-0.2, 0) is 4.74 Å². The summed E-state index contributed by atoms with van der Waals surface area (Å²) in [6, 6.07) is 0. The van der Waals surface area contributed by atoms with E-state index in [0.717, 1.165) is 6.42 Å². The number of rotatable bonds is 1. The molecule has 0 saturated carbocycles. The van der Waals surface area contributed by atoms with E-state index in [-0.39, 0.29) is 24.2 Å². The van der Waals surface area contributed by atoms with Crippen molar-refractivity contribution in [1.82, 2.24) is 0 Å². The summed E-state index contributed by atoms with van der Waals surface area (Å²) in [4.78, 5) is 0. The van der Waals surface area contributed by atoms with Crippen molar-refractivity contribution < 1.29 is 9.84 Å². The minimum Gasteiger partial charge on any atom is -0.394 e. The van der Waals surface area contributed by atoms with Crippen molar-refractivity contribution in [1.29, 1.82) is 0 Å². The predicted octanol–water partition coefficient (Wildman–Crippen LogP) is 1.18. The van der Waals surface area contributed by atoms with E-state index in [1.165, 1.54) is 0 Å². The molecule has 1 fully saturated rings.